The molecule has 0 aliphatic carbocycles. The van der Waals surface area contributed by atoms with E-state index in [9.17, 15) is 8.42 Å². The van der Waals surface area contributed by atoms with E-state index in [1.165, 1.54) is 0 Å². The van der Waals surface area contributed by atoms with E-state index in [0.717, 1.165) is 6.42 Å². The summed E-state index contributed by atoms with van der Waals surface area (Å²) in [6, 6.07) is 0.0225. The van der Waals surface area contributed by atoms with Crippen LogP contribution in [0.4, 0.5) is 0 Å². The molecule has 0 aromatic carbocycles. The summed E-state index contributed by atoms with van der Waals surface area (Å²) in [5.41, 5.74) is 0. The molecule has 1 saturated heterocycles. The largest absolute Gasteiger partial charge is 0.338 e. The number of rotatable bonds is 5. The van der Waals surface area contributed by atoms with E-state index < -0.39 is 10.0 Å². The molecule has 0 saturated carbocycles. The van der Waals surface area contributed by atoms with Gasteiger partial charge < -0.3 is 4.52 Å². The first kappa shape index (κ1) is 15.4. The standard InChI is InChI=1S/C12H22N4O3S/c1-4-11-13-12(19-14-11)10(3)15-6-8-16(9-7-15)20(17,18)5-2/h10H,4-9H2,1-3H3. The number of sulfonamides is 1. The van der Waals surface area contributed by atoms with Gasteiger partial charge in [0.1, 0.15) is 0 Å². The molecule has 0 amide bonds. The molecule has 1 fully saturated rings. The maximum Gasteiger partial charge on any atom is 0.243 e. The molecule has 2 rings (SSSR count). The third kappa shape index (κ3) is 3.18. The summed E-state index contributed by atoms with van der Waals surface area (Å²) in [5, 5.41) is 3.90. The van der Waals surface area contributed by atoms with Crippen LogP contribution in [-0.2, 0) is 16.4 Å². The Bertz CT molecular complexity index is 535. The van der Waals surface area contributed by atoms with Crippen LogP contribution in [0.3, 0.4) is 0 Å². The lowest BCUT2D eigenvalue weighted by Gasteiger charge is -2.35. The highest BCUT2D eigenvalue weighted by molar-refractivity contribution is 7.89. The Balaban J connectivity index is 1.96. The Morgan fingerprint density at radius 3 is 2.40 bits per heavy atom. The van der Waals surface area contributed by atoms with Gasteiger partial charge in [0, 0.05) is 32.6 Å². The second kappa shape index (κ2) is 6.19. The van der Waals surface area contributed by atoms with Gasteiger partial charge in [-0.25, -0.2) is 8.42 Å². The molecule has 0 bridgehead atoms. The molecular formula is C12H22N4O3S. The predicted octanol–water partition coefficient (Wildman–Crippen LogP) is 0.660. The van der Waals surface area contributed by atoms with Gasteiger partial charge in [-0.1, -0.05) is 12.1 Å². The van der Waals surface area contributed by atoms with E-state index in [1.54, 1.807) is 11.2 Å². The average Bonchev–Trinajstić information content (AvgIpc) is 2.95. The summed E-state index contributed by atoms with van der Waals surface area (Å²) < 4.78 is 30.4. The number of nitrogens with zero attached hydrogens (tertiary/aromatic N) is 4. The van der Waals surface area contributed by atoms with Crippen LogP contribution in [-0.4, -0.2) is 59.7 Å². The second-order valence-electron chi connectivity index (χ2n) is 4.91. The lowest BCUT2D eigenvalue weighted by atomic mass is 10.2. The van der Waals surface area contributed by atoms with E-state index in [1.807, 2.05) is 13.8 Å². The zero-order valence-electron chi connectivity index (χ0n) is 12.2. The maximum absolute atomic E-state index is 11.8. The van der Waals surface area contributed by atoms with Crippen LogP contribution < -0.4 is 0 Å². The van der Waals surface area contributed by atoms with Gasteiger partial charge in [-0.2, -0.15) is 9.29 Å². The van der Waals surface area contributed by atoms with Gasteiger partial charge in [0.25, 0.3) is 0 Å². The van der Waals surface area contributed by atoms with Gasteiger partial charge in [0.15, 0.2) is 5.82 Å². The van der Waals surface area contributed by atoms with E-state index in [-0.39, 0.29) is 11.8 Å². The molecule has 2 heterocycles. The Morgan fingerprint density at radius 1 is 1.25 bits per heavy atom. The second-order valence-corrected chi connectivity index (χ2v) is 7.17. The van der Waals surface area contributed by atoms with E-state index in [2.05, 4.69) is 15.0 Å². The number of aromatic nitrogens is 2. The molecule has 7 nitrogen and oxygen atoms in total. The Hall–Kier alpha value is -0.990. The van der Waals surface area contributed by atoms with Crippen molar-refractivity contribution in [1.82, 2.24) is 19.3 Å². The highest BCUT2D eigenvalue weighted by Gasteiger charge is 2.29. The summed E-state index contributed by atoms with van der Waals surface area (Å²) in [4.78, 5) is 6.51. The van der Waals surface area contributed by atoms with Crippen molar-refractivity contribution in [2.45, 2.75) is 33.2 Å². The van der Waals surface area contributed by atoms with E-state index >= 15 is 0 Å². The van der Waals surface area contributed by atoms with Crippen LogP contribution in [0.5, 0.6) is 0 Å². The van der Waals surface area contributed by atoms with Crippen molar-refractivity contribution in [3.8, 4) is 0 Å². The number of hydrogen-bond donors (Lipinski definition) is 0. The topological polar surface area (TPSA) is 79.5 Å². The van der Waals surface area contributed by atoms with Crippen LogP contribution in [0.2, 0.25) is 0 Å². The van der Waals surface area contributed by atoms with Gasteiger partial charge in [0.2, 0.25) is 15.9 Å². The third-order valence-electron chi connectivity index (χ3n) is 3.74. The molecular weight excluding hydrogens is 280 g/mol. The fourth-order valence-electron chi connectivity index (χ4n) is 2.29. The first-order chi connectivity index (χ1) is 9.47. The van der Waals surface area contributed by atoms with Crippen LogP contribution in [0.15, 0.2) is 4.52 Å². The highest BCUT2D eigenvalue weighted by atomic mass is 32.2. The zero-order valence-corrected chi connectivity index (χ0v) is 13.1. The van der Waals surface area contributed by atoms with Crippen LogP contribution in [0.1, 0.15) is 38.5 Å². The van der Waals surface area contributed by atoms with Crippen molar-refractivity contribution in [3.05, 3.63) is 11.7 Å². The lowest BCUT2D eigenvalue weighted by molar-refractivity contribution is 0.124. The third-order valence-corrected chi connectivity index (χ3v) is 5.62. The van der Waals surface area contributed by atoms with Crippen molar-refractivity contribution in [1.29, 1.82) is 0 Å². The molecule has 1 atom stereocenters. The molecule has 1 aliphatic rings. The number of piperazine rings is 1. The molecule has 1 unspecified atom stereocenters. The molecule has 20 heavy (non-hydrogen) atoms. The normalized spacial score (nSPS) is 20.1. The fourth-order valence-corrected chi connectivity index (χ4v) is 3.37. The Kier molecular flexibility index (Phi) is 4.77. The van der Waals surface area contributed by atoms with Gasteiger partial charge >= 0.3 is 0 Å². The summed E-state index contributed by atoms with van der Waals surface area (Å²) in [7, 11) is -3.08. The first-order valence-corrected chi connectivity index (χ1v) is 8.63. The molecule has 0 radical (unpaired) electrons. The van der Waals surface area contributed by atoms with Crippen LogP contribution in [0.25, 0.3) is 0 Å². The minimum atomic E-state index is -3.08. The molecule has 1 aliphatic heterocycles. The highest BCUT2D eigenvalue weighted by Crippen LogP contribution is 2.21. The van der Waals surface area contributed by atoms with Crippen molar-refractivity contribution < 1.29 is 12.9 Å². The van der Waals surface area contributed by atoms with Gasteiger partial charge in [-0.05, 0) is 13.8 Å². The van der Waals surface area contributed by atoms with E-state index in [0.29, 0.717) is 37.9 Å². The number of aryl methyl sites for hydroxylation is 1. The maximum atomic E-state index is 11.8. The molecule has 114 valence electrons. The van der Waals surface area contributed by atoms with Crippen molar-refractivity contribution in [3.63, 3.8) is 0 Å². The summed E-state index contributed by atoms with van der Waals surface area (Å²) in [6.45, 7) is 8.08. The summed E-state index contributed by atoms with van der Waals surface area (Å²) >= 11 is 0. The summed E-state index contributed by atoms with van der Waals surface area (Å²) in [5.74, 6) is 1.47. The van der Waals surface area contributed by atoms with Crippen LogP contribution in [0, 0.1) is 0 Å². The van der Waals surface area contributed by atoms with Crippen LogP contribution >= 0.6 is 0 Å². The fraction of sp³-hybridized carbons (Fsp3) is 0.833. The zero-order chi connectivity index (χ0) is 14.8. The molecule has 0 N–H and O–H groups in total. The molecule has 8 heteroatoms. The Morgan fingerprint density at radius 2 is 1.90 bits per heavy atom. The lowest BCUT2D eigenvalue weighted by Crippen LogP contribution is -2.49. The predicted molar refractivity (Wildman–Crippen MR) is 74.7 cm³/mol. The van der Waals surface area contributed by atoms with Crippen molar-refractivity contribution in [2.75, 3.05) is 31.9 Å². The Labute approximate surface area is 120 Å². The average molecular weight is 302 g/mol. The van der Waals surface area contributed by atoms with Gasteiger partial charge in [-0.15, -0.1) is 0 Å². The van der Waals surface area contributed by atoms with E-state index in [4.69, 9.17) is 4.52 Å². The number of hydrogen-bond acceptors (Lipinski definition) is 6. The minimum Gasteiger partial charge on any atom is -0.338 e. The molecule has 0 spiro atoms. The smallest absolute Gasteiger partial charge is 0.243 e. The SMILES string of the molecule is CCc1noc(C(C)N2CCN(S(=O)(=O)CC)CC2)n1. The summed E-state index contributed by atoms with van der Waals surface area (Å²) in [6.07, 6.45) is 0.749. The molecule has 1 aromatic heterocycles. The molecule has 1 aromatic rings. The van der Waals surface area contributed by atoms with Crippen molar-refractivity contribution in [2.24, 2.45) is 0 Å². The monoisotopic (exact) mass is 302 g/mol. The van der Waals surface area contributed by atoms with Gasteiger partial charge in [0.05, 0.1) is 11.8 Å². The quantitative estimate of drug-likeness (QED) is 0.795. The van der Waals surface area contributed by atoms with Gasteiger partial charge in [-0.3, -0.25) is 4.90 Å². The first-order valence-electron chi connectivity index (χ1n) is 7.02. The van der Waals surface area contributed by atoms with Crippen molar-refractivity contribution >= 4 is 10.0 Å². The minimum absolute atomic E-state index is 0.0225.